The molecule has 4 nitrogen and oxygen atoms in total. The van der Waals surface area contributed by atoms with Crippen molar-refractivity contribution in [2.24, 2.45) is 0 Å². The second-order valence-electron chi connectivity index (χ2n) is 5.46. The predicted molar refractivity (Wildman–Crippen MR) is 103 cm³/mol. The summed E-state index contributed by atoms with van der Waals surface area (Å²) in [5.41, 5.74) is 3.30. The van der Waals surface area contributed by atoms with Crippen LogP contribution in [0.1, 0.15) is 12.5 Å². The Morgan fingerprint density at radius 1 is 1.08 bits per heavy atom. The summed E-state index contributed by atoms with van der Waals surface area (Å²) < 4.78 is 1.05. The Labute approximate surface area is 150 Å². The number of nitrogens with one attached hydrogen (secondary N) is 1. The fourth-order valence-electron chi connectivity index (χ4n) is 2.46. The summed E-state index contributed by atoms with van der Waals surface area (Å²) in [5, 5.41) is 3.31. The number of aromatic nitrogens is 2. The summed E-state index contributed by atoms with van der Waals surface area (Å²) in [4.78, 5) is 11.2. The number of benzene rings is 2. The van der Waals surface area contributed by atoms with E-state index in [1.165, 1.54) is 5.56 Å². The van der Waals surface area contributed by atoms with Crippen molar-refractivity contribution >= 4 is 39.1 Å². The van der Waals surface area contributed by atoms with E-state index in [0.29, 0.717) is 5.95 Å². The molecule has 2 aromatic carbocycles. The Morgan fingerprint density at radius 2 is 1.88 bits per heavy atom. The molecular formula is C19H19BrN4. The lowest BCUT2D eigenvalue weighted by atomic mass is 10.2. The van der Waals surface area contributed by atoms with Crippen LogP contribution in [0.3, 0.4) is 0 Å². The van der Waals surface area contributed by atoms with Gasteiger partial charge in [-0.3, -0.25) is 0 Å². The number of aryl methyl sites for hydroxylation is 1. The first kappa shape index (κ1) is 16.5. The Bertz CT molecular complexity index is 818. The molecule has 122 valence electrons. The molecule has 1 N–H and O–H groups in total. The van der Waals surface area contributed by atoms with Crippen LogP contribution >= 0.6 is 15.9 Å². The lowest BCUT2D eigenvalue weighted by Gasteiger charge is -2.21. The molecule has 0 aliphatic heterocycles. The van der Waals surface area contributed by atoms with Gasteiger partial charge in [-0.2, -0.15) is 4.98 Å². The zero-order chi connectivity index (χ0) is 16.9. The van der Waals surface area contributed by atoms with Crippen molar-refractivity contribution in [3.8, 4) is 0 Å². The van der Waals surface area contributed by atoms with Crippen LogP contribution in [0.15, 0.2) is 65.3 Å². The van der Waals surface area contributed by atoms with Crippen molar-refractivity contribution in [3.05, 3.63) is 70.8 Å². The first-order chi connectivity index (χ1) is 11.7. The second-order valence-corrected chi connectivity index (χ2v) is 6.37. The molecular weight excluding hydrogens is 364 g/mol. The lowest BCUT2D eigenvalue weighted by Crippen LogP contribution is -2.19. The molecule has 1 heterocycles. The number of halogens is 1. The minimum atomic E-state index is 0.685. The number of nitrogens with zero attached hydrogens (tertiary/aromatic N) is 3. The van der Waals surface area contributed by atoms with Gasteiger partial charge in [0.05, 0.1) is 0 Å². The SMILES string of the molecule is CCN(c1cccc(C)c1)c1nccc(Nc2ccc(Br)cc2)n1. The summed E-state index contributed by atoms with van der Waals surface area (Å²) in [6.45, 7) is 4.98. The fraction of sp³-hybridized carbons (Fsp3) is 0.158. The molecule has 0 bridgehead atoms. The van der Waals surface area contributed by atoms with Crippen LogP contribution in [-0.4, -0.2) is 16.5 Å². The predicted octanol–water partition coefficient (Wildman–Crippen LogP) is 5.45. The lowest BCUT2D eigenvalue weighted by molar-refractivity contribution is 0.947. The Kier molecular flexibility index (Phi) is 5.11. The van der Waals surface area contributed by atoms with E-state index >= 15 is 0 Å². The van der Waals surface area contributed by atoms with Gasteiger partial charge in [0.15, 0.2) is 0 Å². The summed E-state index contributed by atoms with van der Waals surface area (Å²) in [7, 11) is 0. The maximum atomic E-state index is 4.66. The highest BCUT2D eigenvalue weighted by Crippen LogP contribution is 2.24. The Morgan fingerprint density at radius 3 is 2.58 bits per heavy atom. The van der Waals surface area contributed by atoms with Crippen LogP contribution < -0.4 is 10.2 Å². The zero-order valence-electron chi connectivity index (χ0n) is 13.7. The average molecular weight is 383 g/mol. The highest BCUT2D eigenvalue weighted by molar-refractivity contribution is 9.10. The number of anilines is 4. The minimum absolute atomic E-state index is 0.685. The Balaban J connectivity index is 1.87. The number of hydrogen-bond acceptors (Lipinski definition) is 4. The largest absolute Gasteiger partial charge is 0.340 e. The summed E-state index contributed by atoms with van der Waals surface area (Å²) in [6.07, 6.45) is 1.78. The molecule has 0 saturated carbocycles. The molecule has 3 rings (SSSR count). The Hall–Kier alpha value is -2.40. The van der Waals surface area contributed by atoms with Crippen molar-refractivity contribution in [1.82, 2.24) is 9.97 Å². The summed E-state index contributed by atoms with van der Waals surface area (Å²) >= 11 is 3.44. The molecule has 0 radical (unpaired) electrons. The van der Waals surface area contributed by atoms with Crippen LogP contribution in [0.5, 0.6) is 0 Å². The first-order valence-electron chi connectivity index (χ1n) is 7.85. The van der Waals surface area contributed by atoms with Gasteiger partial charge in [0, 0.05) is 28.6 Å². The smallest absolute Gasteiger partial charge is 0.231 e. The van der Waals surface area contributed by atoms with Gasteiger partial charge in [0.25, 0.3) is 0 Å². The maximum absolute atomic E-state index is 4.66. The summed E-state index contributed by atoms with van der Waals surface area (Å²) in [5.74, 6) is 1.46. The van der Waals surface area contributed by atoms with Gasteiger partial charge in [-0.15, -0.1) is 0 Å². The molecule has 24 heavy (non-hydrogen) atoms. The third-order valence-electron chi connectivity index (χ3n) is 3.63. The van der Waals surface area contributed by atoms with Gasteiger partial charge in [-0.05, 0) is 61.9 Å². The molecule has 1 aromatic heterocycles. The van der Waals surface area contributed by atoms with E-state index in [0.717, 1.165) is 28.2 Å². The van der Waals surface area contributed by atoms with Crippen LogP contribution in [0, 0.1) is 6.92 Å². The standard InChI is InChI=1S/C19H19BrN4/c1-3-24(17-6-4-5-14(2)13-17)19-21-12-11-18(23-19)22-16-9-7-15(20)8-10-16/h4-13H,3H2,1-2H3,(H,21,22,23). The molecule has 0 fully saturated rings. The molecule has 0 unspecified atom stereocenters. The highest BCUT2D eigenvalue weighted by atomic mass is 79.9. The van der Waals surface area contributed by atoms with E-state index < -0.39 is 0 Å². The van der Waals surface area contributed by atoms with E-state index in [4.69, 9.17) is 0 Å². The highest BCUT2D eigenvalue weighted by Gasteiger charge is 2.11. The third-order valence-corrected chi connectivity index (χ3v) is 4.16. The molecule has 0 amide bonds. The maximum Gasteiger partial charge on any atom is 0.231 e. The van der Waals surface area contributed by atoms with E-state index in [2.05, 4.69) is 74.2 Å². The van der Waals surface area contributed by atoms with Gasteiger partial charge < -0.3 is 10.2 Å². The van der Waals surface area contributed by atoms with Gasteiger partial charge >= 0.3 is 0 Å². The van der Waals surface area contributed by atoms with Crippen molar-refractivity contribution in [3.63, 3.8) is 0 Å². The quantitative estimate of drug-likeness (QED) is 0.636. The molecule has 0 spiro atoms. The van der Waals surface area contributed by atoms with Crippen LogP contribution in [-0.2, 0) is 0 Å². The molecule has 0 atom stereocenters. The van der Waals surface area contributed by atoms with Crippen LogP contribution in [0.4, 0.5) is 23.1 Å². The van der Waals surface area contributed by atoms with Crippen molar-refractivity contribution in [2.45, 2.75) is 13.8 Å². The number of hydrogen-bond donors (Lipinski definition) is 1. The van der Waals surface area contributed by atoms with Crippen LogP contribution in [0.2, 0.25) is 0 Å². The monoisotopic (exact) mass is 382 g/mol. The average Bonchev–Trinajstić information content (AvgIpc) is 2.58. The van der Waals surface area contributed by atoms with E-state index in [-0.39, 0.29) is 0 Å². The molecule has 5 heteroatoms. The van der Waals surface area contributed by atoms with Gasteiger partial charge in [-0.1, -0.05) is 28.1 Å². The van der Waals surface area contributed by atoms with Crippen molar-refractivity contribution < 1.29 is 0 Å². The molecule has 0 saturated heterocycles. The molecule has 0 aliphatic rings. The molecule has 3 aromatic rings. The first-order valence-corrected chi connectivity index (χ1v) is 8.65. The van der Waals surface area contributed by atoms with E-state index in [1.807, 2.05) is 30.3 Å². The normalized spacial score (nSPS) is 10.5. The minimum Gasteiger partial charge on any atom is -0.340 e. The third kappa shape index (κ3) is 3.92. The zero-order valence-corrected chi connectivity index (χ0v) is 15.3. The molecule has 0 aliphatic carbocycles. The topological polar surface area (TPSA) is 41.1 Å². The fourth-order valence-corrected chi connectivity index (χ4v) is 2.73. The van der Waals surface area contributed by atoms with Gasteiger partial charge in [-0.25, -0.2) is 4.98 Å². The summed E-state index contributed by atoms with van der Waals surface area (Å²) in [6, 6.07) is 18.2. The second kappa shape index (κ2) is 7.45. The van der Waals surface area contributed by atoms with E-state index in [9.17, 15) is 0 Å². The van der Waals surface area contributed by atoms with Gasteiger partial charge in [0.2, 0.25) is 5.95 Å². The van der Waals surface area contributed by atoms with Crippen molar-refractivity contribution in [1.29, 1.82) is 0 Å². The van der Waals surface area contributed by atoms with Gasteiger partial charge in [0.1, 0.15) is 5.82 Å². The van der Waals surface area contributed by atoms with E-state index in [1.54, 1.807) is 6.20 Å². The van der Waals surface area contributed by atoms with Crippen LogP contribution in [0.25, 0.3) is 0 Å². The number of rotatable bonds is 5. The van der Waals surface area contributed by atoms with Crippen molar-refractivity contribution in [2.75, 3.05) is 16.8 Å².